The molecule has 1 aromatic heterocycles. The molecule has 2 heterocycles. The molecule has 2 aliphatic rings. The minimum Gasteiger partial charge on any atom is -0.355 e. The van der Waals surface area contributed by atoms with Crippen LogP contribution in [0, 0.1) is 0 Å². The molecule has 26 heavy (non-hydrogen) atoms. The molecule has 2 aromatic rings. The quantitative estimate of drug-likeness (QED) is 0.920. The van der Waals surface area contributed by atoms with Crippen molar-refractivity contribution in [3.05, 3.63) is 52.6 Å². The van der Waals surface area contributed by atoms with E-state index in [1.807, 2.05) is 18.2 Å². The molecule has 1 N–H and O–H groups in total. The van der Waals surface area contributed by atoms with Crippen LogP contribution < -0.4 is 5.32 Å². The number of rotatable bonds is 4. The van der Waals surface area contributed by atoms with Gasteiger partial charge in [0.2, 0.25) is 0 Å². The van der Waals surface area contributed by atoms with Crippen LogP contribution in [0.25, 0.3) is 0 Å². The minimum absolute atomic E-state index is 0.0263. The maximum atomic E-state index is 11.9. The molecule has 4 rings (SSSR count). The molecule has 0 bridgehead atoms. The number of carbonyl (C=O) groups excluding carboxylic acids is 1. The number of fused-ring (bicyclic) bond motifs is 1. The van der Waals surface area contributed by atoms with Crippen LogP contribution in [0.2, 0.25) is 0 Å². The second-order valence-corrected chi connectivity index (χ2v) is 7.54. The smallest absolute Gasteiger partial charge is 0.251 e. The average molecular weight is 352 g/mol. The van der Waals surface area contributed by atoms with E-state index in [0.29, 0.717) is 6.04 Å². The van der Waals surface area contributed by atoms with Crippen molar-refractivity contribution in [2.75, 3.05) is 13.6 Å². The van der Waals surface area contributed by atoms with E-state index in [1.165, 1.54) is 54.9 Å². The van der Waals surface area contributed by atoms with Gasteiger partial charge in [-0.05, 0) is 62.8 Å². The van der Waals surface area contributed by atoms with E-state index in [2.05, 4.69) is 27.9 Å². The molecule has 5 heteroatoms. The summed E-state index contributed by atoms with van der Waals surface area (Å²) in [4.78, 5) is 19.5. The van der Waals surface area contributed by atoms with Gasteiger partial charge >= 0.3 is 0 Å². The Morgan fingerprint density at radius 3 is 2.92 bits per heavy atom. The van der Waals surface area contributed by atoms with E-state index in [-0.39, 0.29) is 5.91 Å². The van der Waals surface area contributed by atoms with Crippen LogP contribution in [0.5, 0.6) is 0 Å². The summed E-state index contributed by atoms with van der Waals surface area (Å²) in [6.45, 7) is 1.96. The van der Waals surface area contributed by atoms with Gasteiger partial charge in [0.1, 0.15) is 5.82 Å². The number of hydrogen-bond acceptors (Lipinski definition) is 3. The first kappa shape index (κ1) is 17.3. The standard InChI is InChI=1S/C21H28N4O/c1-22-21(26)16-8-5-7-15(13-16)14-25-12-6-11-19(25)20-23-17-9-3-4-10-18(17)24(20)2/h5,7-8,13,19H,3-4,6,9-12,14H2,1-2H3,(H,22,26). The first-order valence-corrected chi connectivity index (χ1v) is 9.77. The van der Waals surface area contributed by atoms with E-state index in [9.17, 15) is 4.79 Å². The zero-order chi connectivity index (χ0) is 18.1. The summed E-state index contributed by atoms with van der Waals surface area (Å²) in [5.41, 5.74) is 4.69. The lowest BCUT2D eigenvalue weighted by atomic mass is 10.0. The van der Waals surface area contributed by atoms with E-state index < -0.39 is 0 Å². The number of likely N-dealkylation sites (tertiary alicyclic amines) is 1. The maximum absolute atomic E-state index is 11.9. The van der Waals surface area contributed by atoms with Crippen molar-refractivity contribution in [2.24, 2.45) is 7.05 Å². The van der Waals surface area contributed by atoms with Gasteiger partial charge < -0.3 is 9.88 Å². The largest absolute Gasteiger partial charge is 0.355 e. The van der Waals surface area contributed by atoms with Crippen molar-refractivity contribution in [1.29, 1.82) is 0 Å². The third-order valence-corrected chi connectivity index (χ3v) is 5.87. The molecule has 1 fully saturated rings. The number of nitrogens with one attached hydrogen (secondary N) is 1. The molecule has 1 saturated heterocycles. The lowest BCUT2D eigenvalue weighted by Gasteiger charge is -2.24. The second kappa shape index (κ2) is 7.23. The number of amides is 1. The van der Waals surface area contributed by atoms with Crippen LogP contribution in [0.15, 0.2) is 24.3 Å². The summed E-state index contributed by atoms with van der Waals surface area (Å²) < 4.78 is 2.36. The first-order valence-electron chi connectivity index (χ1n) is 9.77. The van der Waals surface area contributed by atoms with Gasteiger partial charge in [0.15, 0.2) is 0 Å². The fourth-order valence-corrected chi connectivity index (χ4v) is 4.50. The molecule has 138 valence electrons. The molecule has 1 aromatic carbocycles. The Morgan fingerprint density at radius 2 is 2.12 bits per heavy atom. The number of nitrogens with zero attached hydrogens (tertiary/aromatic N) is 3. The van der Waals surface area contributed by atoms with Gasteiger partial charge in [0, 0.05) is 31.9 Å². The Labute approximate surface area is 155 Å². The van der Waals surface area contributed by atoms with E-state index in [0.717, 1.165) is 25.1 Å². The number of imidazole rings is 1. The van der Waals surface area contributed by atoms with Crippen molar-refractivity contribution >= 4 is 5.91 Å². The van der Waals surface area contributed by atoms with Gasteiger partial charge in [0.25, 0.3) is 5.91 Å². The third kappa shape index (κ3) is 3.16. The highest BCUT2D eigenvalue weighted by atomic mass is 16.1. The highest BCUT2D eigenvalue weighted by Gasteiger charge is 2.31. The highest BCUT2D eigenvalue weighted by molar-refractivity contribution is 5.94. The van der Waals surface area contributed by atoms with Crippen LogP contribution in [-0.4, -0.2) is 34.0 Å². The molecule has 0 spiro atoms. The van der Waals surface area contributed by atoms with Crippen LogP contribution in [0.4, 0.5) is 0 Å². The molecule has 5 nitrogen and oxygen atoms in total. The van der Waals surface area contributed by atoms with Crippen LogP contribution in [0.1, 0.15) is 64.9 Å². The van der Waals surface area contributed by atoms with Gasteiger partial charge in [-0.3, -0.25) is 9.69 Å². The summed E-state index contributed by atoms with van der Waals surface area (Å²) in [5, 5.41) is 2.71. The fraction of sp³-hybridized carbons (Fsp3) is 0.524. The molecule has 0 saturated carbocycles. The van der Waals surface area contributed by atoms with Gasteiger partial charge in [-0.2, -0.15) is 0 Å². The lowest BCUT2D eigenvalue weighted by Crippen LogP contribution is -2.25. The van der Waals surface area contributed by atoms with E-state index in [1.54, 1.807) is 7.05 Å². The lowest BCUT2D eigenvalue weighted by molar-refractivity contribution is 0.0963. The zero-order valence-electron chi connectivity index (χ0n) is 15.8. The molecule has 1 unspecified atom stereocenters. The SMILES string of the molecule is CNC(=O)c1cccc(CN2CCCC2c2nc3c(n2C)CCCC3)c1. The Bertz CT molecular complexity index is 810. The maximum Gasteiger partial charge on any atom is 0.251 e. The summed E-state index contributed by atoms with van der Waals surface area (Å²) in [6, 6.07) is 8.36. The number of benzene rings is 1. The van der Waals surface area contributed by atoms with Crippen LogP contribution in [0.3, 0.4) is 0 Å². The number of hydrogen-bond donors (Lipinski definition) is 1. The van der Waals surface area contributed by atoms with Gasteiger partial charge in [0.05, 0.1) is 11.7 Å². The average Bonchev–Trinajstić information content (AvgIpc) is 3.26. The Morgan fingerprint density at radius 1 is 1.27 bits per heavy atom. The van der Waals surface area contributed by atoms with Crippen molar-refractivity contribution in [3.8, 4) is 0 Å². The third-order valence-electron chi connectivity index (χ3n) is 5.87. The van der Waals surface area contributed by atoms with Crippen molar-refractivity contribution in [1.82, 2.24) is 19.8 Å². The molecular formula is C21H28N4O. The number of aromatic nitrogens is 2. The summed E-state index contributed by atoms with van der Waals surface area (Å²) in [5.74, 6) is 1.21. The predicted octanol–water partition coefficient (Wildman–Crippen LogP) is 3.00. The Balaban J connectivity index is 1.56. The minimum atomic E-state index is -0.0263. The molecule has 0 radical (unpaired) electrons. The first-order chi connectivity index (χ1) is 12.7. The van der Waals surface area contributed by atoms with Crippen LogP contribution >= 0.6 is 0 Å². The normalized spacial score (nSPS) is 20.2. The van der Waals surface area contributed by atoms with Crippen molar-refractivity contribution in [3.63, 3.8) is 0 Å². The van der Waals surface area contributed by atoms with Gasteiger partial charge in [-0.15, -0.1) is 0 Å². The predicted molar refractivity (Wildman–Crippen MR) is 102 cm³/mol. The highest BCUT2D eigenvalue weighted by Crippen LogP contribution is 2.34. The van der Waals surface area contributed by atoms with Crippen LogP contribution in [-0.2, 0) is 26.4 Å². The zero-order valence-corrected chi connectivity index (χ0v) is 15.8. The number of carbonyl (C=O) groups is 1. The fourth-order valence-electron chi connectivity index (χ4n) is 4.50. The Kier molecular flexibility index (Phi) is 4.81. The summed E-state index contributed by atoms with van der Waals surface area (Å²) in [7, 11) is 3.86. The van der Waals surface area contributed by atoms with Gasteiger partial charge in [-0.25, -0.2) is 4.98 Å². The Hall–Kier alpha value is -2.14. The monoisotopic (exact) mass is 352 g/mol. The van der Waals surface area contributed by atoms with Crippen molar-refractivity contribution < 1.29 is 4.79 Å². The van der Waals surface area contributed by atoms with Gasteiger partial charge in [-0.1, -0.05) is 12.1 Å². The molecule has 1 atom stereocenters. The number of aryl methyl sites for hydroxylation is 1. The van der Waals surface area contributed by atoms with E-state index >= 15 is 0 Å². The molecular weight excluding hydrogens is 324 g/mol. The second-order valence-electron chi connectivity index (χ2n) is 7.54. The molecule has 1 aliphatic carbocycles. The summed E-state index contributed by atoms with van der Waals surface area (Å²) in [6.07, 6.45) is 7.22. The molecule has 1 amide bonds. The molecule has 1 aliphatic heterocycles. The van der Waals surface area contributed by atoms with Crippen molar-refractivity contribution in [2.45, 2.75) is 51.1 Å². The topological polar surface area (TPSA) is 50.2 Å². The summed E-state index contributed by atoms with van der Waals surface area (Å²) >= 11 is 0. The van der Waals surface area contributed by atoms with E-state index in [4.69, 9.17) is 4.98 Å².